The number of nitrogens with zero attached hydrogens (tertiary/aromatic N) is 4. The molecule has 0 bridgehead atoms. The zero-order valence-corrected chi connectivity index (χ0v) is 19.4. The van der Waals surface area contributed by atoms with Crippen molar-refractivity contribution in [1.82, 2.24) is 24.9 Å². The van der Waals surface area contributed by atoms with Crippen LogP contribution in [0, 0.1) is 12.7 Å². The molecule has 2 fully saturated rings. The molecule has 9 heteroatoms. The number of aromatic nitrogens is 2. The molecule has 0 unspecified atom stereocenters. The molecule has 1 saturated carbocycles. The second kappa shape index (κ2) is 9.32. The van der Waals surface area contributed by atoms with Crippen LogP contribution >= 0.6 is 0 Å². The average Bonchev–Trinajstić information content (AvgIpc) is 3.57. The van der Waals surface area contributed by atoms with E-state index in [9.17, 15) is 18.8 Å². The smallest absolute Gasteiger partial charge is 0.312 e. The minimum Gasteiger partial charge on any atom is -0.345 e. The van der Waals surface area contributed by atoms with E-state index in [-0.39, 0.29) is 30.9 Å². The number of carbonyl (C=O) groups is 3. The van der Waals surface area contributed by atoms with Gasteiger partial charge in [-0.2, -0.15) is 5.10 Å². The van der Waals surface area contributed by atoms with Gasteiger partial charge in [0.2, 0.25) is 0 Å². The molecule has 1 aromatic heterocycles. The largest absolute Gasteiger partial charge is 0.345 e. The fraction of sp³-hybridized carbons (Fsp3) is 0.308. The SMILES string of the molecule is Cc1cccc(-c2nn(-c3ccc(F)cc3)cc2C(=O)N2CCN(C(=O)C(=O)NC3CC3)CC2)c1. The fourth-order valence-electron chi connectivity index (χ4n) is 4.16. The number of amides is 3. The van der Waals surface area contributed by atoms with Crippen LogP contribution in [0.2, 0.25) is 0 Å². The average molecular weight is 476 g/mol. The summed E-state index contributed by atoms with van der Waals surface area (Å²) in [5.41, 5.74) is 3.43. The second-order valence-corrected chi connectivity index (χ2v) is 9.01. The van der Waals surface area contributed by atoms with Gasteiger partial charge in [0.15, 0.2) is 0 Å². The highest BCUT2D eigenvalue weighted by molar-refractivity contribution is 6.35. The number of nitrogens with one attached hydrogen (secondary N) is 1. The maximum Gasteiger partial charge on any atom is 0.312 e. The van der Waals surface area contributed by atoms with Crippen molar-refractivity contribution < 1.29 is 18.8 Å². The highest BCUT2D eigenvalue weighted by atomic mass is 19.1. The highest BCUT2D eigenvalue weighted by Gasteiger charge is 2.32. The van der Waals surface area contributed by atoms with Crippen molar-refractivity contribution >= 4 is 17.7 Å². The van der Waals surface area contributed by atoms with Crippen molar-refractivity contribution in [3.8, 4) is 16.9 Å². The topological polar surface area (TPSA) is 87.5 Å². The van der Waals surface area contributed by atoms with Crippen LogP contribution in [0.1, 0.15) is 28.8 Å². The number of rotatable bonds is 4. The number of hydrogen-bond acceptors (Lipinski definition) is 4. The fourth-order valence-corrected chi connectivity index (χ4v) is 4.16. The van der Waals surface area contributed by atoms with Gasteiger partial charge in [0.25, 0.3) is 5.91 Å². The minimum atomic E-state index is -0.574. The zero-order valence-electron chi connectivity index (χ0n) is 19.4. The van der Waals surface area contributed by atoms with E-state index in [2.05, 4.69) is 10.4 Å². The predicted octanol–water partition coefficient (Wildman–Crippen LogP) is 2.55. The lowest BCUT2D eigenvalue weighted by Gasteiger charge is -2.34. The van der Waals surface area contributed by atoms with E-state index in [1.54, 1.807) is 27.9 Å². The Kier molecular flexibility index (Phi) is 6.07. The lowest BCUT2D eigenvalue weighted by molar-refractivity contribution is -0.146. The summed E-state index contributed by atoms with van der Waals surface area (Å²) in [6.45, 7) is 3.17. The van der Waals surface area contributed by atoms with E-state index < -0.39 is 11.8 Å². The van der Waals surface area contributed by atoms with Crippen LogP contribution in [-0.2, 0) is 9.59 Å². The van der Waals surface area contributed by atoms with E-state index >= 15 is 0 Å². The molecule has 3 aromatic rings. The Labute approximate surface area is 202 Å². The van der Waals surface area contributed by atoms with E-state index in [0.717, 1.165) is 24.0 Å². The van der Waals surface area contributed by atoms with E-state index in [0.29, 0.717) is 30.0 Å². The molecule has 2 aromatic carbocycles. The number of carbonyl (C=O) groups excluding carboxylic acids is 3. The third kappa shape index (κ3) is 4.94. The Morgan fingerprint density at radius 1 is 0.971 bits per heavy atom. The van der Waals surface area contributed by atoms with E-state index in [1.165, 1.54) is 17.0 Å². The zero-order chi connectivity index (χ0) is 24.5. The van der Waals surface area contributed by atoms with E-state index in [1.807, 2.05) is 31.2 Å². The standard InChI is InChI=1S/C26H26FN5O3/c1-17-3-2-4-18(15-17)23-22(16-32(29-23)21-9-5-19(27)6-10-21)25(34)30-11-13-31(14-12-30)26(35)24(33)28-20-7-8-20/h2-6,9-10,15-16,20H,7-8,11-14H2,1H3,(H,28,33). The first-order valence-corrected chi connectivity index (χ1v) is 11.7. The van der Waals surface area contributed by atoms with Crippen LogP contribution in [0.25, 0.3) is 16.9 Å². The molecular formula is C26H26FN5O3. The highest BCUT2D eigenvalue weighted by Crippen LogP contribution is 2.26. The third-order valence-corrected chi connectivity index (χ3v) is 6.29. The number of halogens is 1. The summed E-state index contributed by atoms with van der Waals surface area (Å²) in [4.78, 5) is 41.3. The Bertz CT molecular complexity index is 1270. The van der Waals surface area contributed by atoms with Gasteiger partial charge >= 0.3 is 11.8 Å². The molecule has 2 aliphatic rings. The molecule has 0 radical (unpaired) electrons. The molecule has 3 amide bonds. The van der Waals surface area contributed by atoms with Gasteiger partial charge in [-0.1, -0.05) is 23.8 Å². The van der Waals surface area contributed by atoms with Gasteiger partial charge in [0.05, 0.1) is 11.3 Å². The maximum atomic E-state index is 13.6. The quantitative estimate of drug-likeness (QED) is 0.588. The Morgan fingerprint density at radius 3 is 2.31 bits per heavy atom. The van der Waals surface area contributed by atoms with Gasteiger partial charge in [-0.3, -0.25) is 14.4 Å². The van der Waals surface area contributed by atoms with Crippen LogP contribution in [-0.4, -0.2) is 69.5 Å². The van der Waals surface area contributed by atoms with Crippen molar-refractivity contribution in [2.45, 2.75) is 25.8 Å². The molecule has 1 aliphatic carbocycles. The van der Waals surface area contributed by atoms with Gasteiger partial charge in [0, 0.05) is 44.0 Å². The number of benzene rings is 2. The van der Waals surface area contributed by atoms with Crippen molar-refractivity contribution in [2.24, 2.45) is 0 Å². The predicted molar refractivity (Wildman–Crippen MR) is 127 cm³/mol. The molecule has 35 heavy (non-hydrogen) atoms. The summed E-state index contributed by atoms with van der Waals surface area (Å²) in [7, 11) is 0. The summed E-state index contributed by atoms with van der Waals surface area (Å²) < 4.78 is 15.0. The molecule has 0 spiro atoms. The Hall–Kier alpha value is -4.01. The normalized spacial score (nSPS) is 15.7. The van der Waals surface area contributed by atoms with Gasteiger partial charge in [-0.15, -0.1) is 0 Å². The lowest BCUT2D eigenvalue weighted by atomic mass is 10.0. The molecule has 180 valence electrons. The monoisotopic (exact) mass is 475 g/mol. The Morgan fingerprint density at radius 2 is 1.66 bits per heavy atom. The molecule has 5 rings (SSSR count). The van der Waals surface area contributed by atoms with Crippen LogP contribution in [0.15, 0.2) is 54.7 Å². The first-order valence-electron chi connectivity index (χ1n) is 11.7. The number of hydrogen-bond donors (Lipinski definition) is 1. The summed E-state index contributed by atoms with van der Waals surface area (Å²) in [5, 5.41) is 7.38. The van der Waals surface area contributed by atoms with Gasteiger partial charge in [-0.05, 0) is 50.1 Å². The summed E-state index contributed by atoms with van der Waals surface area (Å²) >= 11 is 0. The molecule has 1 N–H and O–H groups in total. The van der Waals surface area contributed by atoms with Crippen molar-refractivity contribution in [3.63, 3.8) is 0 Å². The molecule has 2 heterocycles. The van der Waals surface area contributed by atoms with Crippen molar-refractivity contribution in [3.05, 3.63) is 71.7 Å². The minimum absolute atomic E-state index is 0.118. The first kappa shape index (κ1) is 22.8. The molecule has 8 nitrogen and oxygen atoms in total. The Balaban J connectivity index is 1.37. The third-order valence-electron chi connectivity index (χ3n) is 6.29. The summed E-state index contributed by atoms with van der Waals surface area (Å²) in [5.74, 6) is -1.68. The lowest BCUT2D eigenvalue weighted by Crippen LogP contribution is -2.54. The first-order chi connectivity index (χ1) is 16.9. The van der Waals surface area contributed by atoms with Crippen LogP contribution in [0.5, 0.6) is 0 Å². The summed E-state index contributed by atoms with van der Waals surface area (Å²) in [6.07, 6.45) is 3.49. The van der Waals surface area contributed by atoms with Crippen LogP contribution in [0.4, 0.5) is 4.39 Å². The molecule has 1 saturated heterocycles. The molecule has 1 aliphatic heterocycles. The number of aryl methyl sites for hydroxylation is 1. The van der Waals surface area contributed by atoms with Crippen molar-refractivity contribution in [1.29, 1.82) is 0 Å². The summed E-state index contributed by atoms with van der Waals surface area (Å²) in [6, 6.07) is 13.8. The van der Waals surface area contributed by atoms with Gasteiger partial charge in [0.1, 0.15) is 11.5 Å². The molecular weight excluding hydrogens is 449 g/mol. The number of piperazine rings is 1. The van der Waals surface area contributed by atoms with Crippen LogP contribution < -0.4 is 5.32 Å². The van der Waals surface area contributed by atoms with Gasteiger partial charge in [-0.25, -0.2) is 9.07 Å². The van der Waals surface area contributed by atoms with Crippen molar-refractivity contribution in [2.75, 3.05) is 26.2 Å². The maximum absolute atomic E-state index is 13.6. The van der Waals surface area contributed by atoms with Gasteiger partial charge < -0.3 is 15.1 Å². The van der Waals surface area contributed by atoms with Crippen LogP contribution in [0.3, 0.4) is 0 Å². The second-order valence-electron chi connectivity index (χ2n) is 9.01. The molecule has 0 atom stereocenters. The van der Waals surface area contributed by atoms with E-state index in [4.69, 9.17) is 0 Å².